The van der Waals surface area contributed by atoms with E-state index in [1.165, 1.54) is 5.56 Å². The number of aliphatic hydroxyl groups is 1. The Kier molecular flexibility index (Phi) is 4.98. The second kappa shape index (κ2) is 6.50. The molecular formula is C13H19BrN2O. The molecule has 0 spiro atoms. The molecule has 1 unspecified atom stereocenters. The first-order valence-corrected chi connectivity index (χ1v) is 6.91. The molecule has 0 aromatic heterocycles. The summed E-state index contributed by atoms with van der Waals surface area (Å²) in [4.78, 5) is 2.36. The van der Waals surface area contributed by atoms with Crippen LogP contribution in [-0.4, -0.2) is 42.8 Å². The molecule has 2 N–H and O–H groups in total. The van der Waals surface area contributed by atoms with Gasteiger partial charge >= 0.3 is 0 Å². The molecule has 0 saturated carbocycles. The van der Waals surface area contributed by atoms with Crippen LogP contribution < -0.4 is 5.32 Å². The molecule has 1 aromatic rings. The van der Waals surface area contributed by atoms with Gasteiger partial charge in [-0.3, -0.25) is 4.90 Å². The summed E-state index contributed by atoms with van der Waals surface area (Å²) in [7, 11) is 0. The van der Waals surface area contributed by atoms with Crippen molar-refractivity contribution < 1.29 is 5.11 Å². The van der Waals surface area contributed by atoms with E-state index in [2.05, 4.69) is 38.3 Å². The highest BCUT2D eigenvalue weighted by molar-refractivity contribution is 9.10. The summed E-state index contributed by atoms with van der Waals surface area (Å²) in [5.41, 5.74) is 1.18. The van der Waals surface area contributed by atoms with Gasteiger partial charge in [-0.25, -0.2) is 0 Å². The molecule has 0 radical (unpaired) electrons. The third kappa shape index (κ3) is 3.52. The average molecular weight is 299 g/mol. The molecule has 1 aliphatic heterocycles. The Morgan fingerprint density at radius 2 is 2.24 bits per heavy atom. The van der Waals surface area contributed by atoms with Crippen LogP contribution in [0.3, 0.4) is 0 Å². The van der Waals surface area contributed by atoms with Gasteiger partial charge in [-0.15, -0.1) is 0 Å². The fourth-order valence-electron chi connectivity index (χ4n) is 2.32. The Morgan fingerprint density at radius 1 is 1.35 bits per heavy atom. The zero-order chi connectivity index (χ0) is 12.1. The highest BCUT2D eigenvalue weighted by atomic mass is 79.9. The Labute approximate surface area is 111 Å². The van der Waals surface area contributed by atoms with Gasteiger partial charge in [-0.1, -0.05) is 28.1 Å². The summed E-state index contributed by atoms with van der Waals surface area (Å²) in [5, 5.41) is 13.0. The lowest BCUT2D eigenvalue weighted by molar-refractivity contribution is 0.130. The van der Waals surface area contributed by atoms with Crippen molar-refractivity contribution in [2.24, 2.45) is 0 Å². The Hall–Kier alpha value is -0.420. The largest absolute Gasteiger partial charge is 0.394 e. The standard InChI is InChI=1S/C13H19BrN2O/c14-12-4-1-3-11(9-12)13(10-17)16-7-2-5-15-6-8-16/h1,3-4,9,13,15,17H,2,5-8,10H2. The Bertz CT molecular complexity index is 351. The van der Waals surface area contributed by atoms with E-state index in [0.717, 1.165) is 37.1 Å². The summed E-state index contributed by atoms with van der Waals surface area (Å²) in [6.07, 6.45) is 1.14. The van der Waals surface area contributed by atoms with E-state index in [1.807, 2.05) is 12.1 Å². The third-order valence-electron chi connectivity index (χ3n) is 3.22. The minimum absolute atomic E-state index is 0.118. The molecule has 1 heterocycles. The molecule has 0 bridgehead atoms. The lowest BCUT2D eigenvalue weighted by Crippen LogP contribution is -2.34. The maximum atomic E-state index is 9.64. The van der Waals surface area contributed by atoms with Crippen molar-refractivity contribution in [1.82, 2.24) is 10.2 Å². The van der Waals surface area contributed by atoms with Gasteiger partial charge in [0.1, 0.15) is 0 Å². The minimum atomic E-state index is 0.118. The molecule has 1 atom stereocenters. The number of nitrogens with zero attached hydrogens (tertiary/aromatic N) is 1. The molecule has 0 amide bonds. The summed E-state index contributed by atoms with van der Waals surface area (Å²) in [5.74, 6) is 0. The molecule has 4 heteroatoms. The SMILES string of the molecule is OCC(c1cccc(Br)c1)N1CCCNCC1. The number of hydrogen-bond acceptors (Lipinski definition) is 3. The number of nitrogens with one attached hydrogen (secondary N) is 1. The highest BCUT2D eigenvalue weighted by Gasteiger charge is 2.20. The van der Waals surface area contributed by atoms with Crippen LogP contribution in [-0.2, 0) is 0 Å². The molecule has 94 valence electrons. The number of rotatable bonds is 3. The quantitative estimate of drug-likeness (QED) is 0.893. The summed E-state index contributed by atoms with van der Waals surface area (Å²) >= 11 is 3.49. The van der Waals surface area contributed by atoms with E-state index in [4.69, 9.17) is 0 Å². The highest BCUT2D eigenvalue weighted by Crippen LogP contribution is 2.23. The molecule has 3 nitrogen and oxygen atoms in total. The fraction of sp³-hybridized carbons (Fsp3) is 0.538. The Balaban J connectivity index is 2.14. The van der Waals surface area contributed by atoms with Crippen LogP contribution in [0, 0.1) is 0 Å². The van der Waals surface area contributed by atoms with Crippen molar-refractivity contribution in [1.29, 1.82) is 0 Å². The average Bonchev–Trinajstić information content (AvgIpc) is 2.59. The summed E-state index contributed by atoms with van der Waals surface area (Å²) in [6.45, 7) is 4.30. The maximum absolute atomic E-state index is 9.64. The van der Waals surface area contributed by atoms with Gasteiger partial charge in [-0.05, 0) is 30.7 Å². The molecule has 1 aliphatic rings. The smallest absolute Gasteiger partial charge is 0.0628 e. The fourth-order valence-corrected chi connectivity index (χ4v) is 2.74. The predicted octanol–water partition coefficient (Wildman–Crippen LogP) is 1.78. The lowest BCUT2D eigenvalue weighted by atomic mass is 10.1. The van der Waals surface area contributed by atoms with E-state index >= 15 is 0 Å². The van der Waals surface area contributed by atoms with Crippen molar-refractivity contribution in [3.63, 3.8) is 0 Å². The second-order valence-electron chi connectivity index (χ2n) is 4.39. The van der Waals surface area contributed by atoms with E-state index in [-0.39, 0.29) is 12.6 Å². The molecule has 1 fully saturated rings. The first kappa shape index (κ1) is 13.0. The van der Waals surface area contributed by atoms with Crippen LogP contribution in [0.15, 0.2) is 28.7 Å². The van der Waals surface area contributed by atoms with Crippen LogP contribution in [0.25, 0.3) is 0 Å². The number of aliphatic hydroxyl groups excluding tert-OH is 1. The van der Waals surface area contributed by atoms with Gasteiger partial charge in [0.25, 0.3) is 0 Å². The van der Waals surface area contributed by atoms with Crippen LogP contribution in [0.1, 0.15) is 18.0 Å². The molecule has 0 aliphatic carbocycles. The summed E-state index contributed by atoms with van der Waals surface area (Å²) < 4.78 is 1.07. The van der Waals surface area contributed by atoms with E-state index < -0.39 is 0 Å². The first-order chi connectivity index (χ1) is 8.31. The van der Waals surface area contributed by atoms with Crippen molar-refractivity contribution in [2.45, 2.75) is 12.5 Å². The number of hydrogen-bond donors (Lipinski definition) is 2. The summed E-state index contributed by atoms with van der Waals surface area (Å²) in [6, 6.07) is 8.34. The van der Waals surface area contributed by atoms with Gasteiger partial charge in [-0.2, -0.15) is 0 Å². The maximum Gasteiger partial charge on any atom is 0.0628 e. The predicted molar refractivity (Wildman–Crippen MR) is 73.0 cm³/mol. The van der Waals surface area contributed by atoms with E-state index in [0.29, 0.717) is 0 Å². The Morgan fingerprint density at radius 3 is 3.00 bits per heavy atom. The molecule has 1 aromatic carbocycles. The zero-order valence-electron chi connectivity index (χ0n) is 9.90. The van der Waals surface area contributed by atoms with Crippen LogP contribution in [0.4, 0.5) is 0 Å². The monoisotopic (exact) mass is 298 g/mol. The normalized spacial score (nSPS) is 19.9. The van der Waals surface area contributed by atoms with Gasteiger partial charge in [0.15, 0.2) is 0 Å². The third-order valence-corrected chi connectivity index (χ3v) is 3.72. The van der Waals surface area contributed by atoms with Crippen molar-refractivity contribution in [2.75, 3.05) is 32.8 Å². The molecule has 2 rings (SSSR count). The minimum Gasteiger partial charge on any atom is -0.394 e. The van der Waals surface area contributed by atoms with Crippen LogP contribution in [0.5, 0.6) is 0 Å². The van der Waals surface area contributed by atoms with Gasteiger partial charge in [0, 0.05) is 24.1 Å². The van der Waals surface area contributed by atoms with Crippen LogP contribution in [0.2, 0.25) is 0 Å². The zero-order valence-corrected chi connectivity index (χ0v) is 11.5. The van der Waals surface area contributed by atoms with Crippen molar-refractivity contribution in [3.8, 4) is 0 Å². The second-order valence-corrected chi connectivity index (χ2v) is 5.31. The first-order valence-electron chi connectivity index (χ1n) is 6.12. The number of halogens is 1. The van der Waals surface area contributed by atoms with Crippen molar-refractivity contribution in [3.05, 3.63) is 34.3 Å². The van der Waals surface area contributed by atoms with Gasteiger partial charge in [0.2, 0.25) is 0 Å². The molecule has 1 saturated heterocycles. The van der Waals surface area contributed by atoms with E-state index in [9.17, 15) is 5.11 Å². The van der Waals surface area contributed by atoms with Crippen molar-refractivity contribution >= 4 is 15.9 Å². The van der Waals surface area contributed by atoms with Gasteiger partial charge < -0.3 is 10.4 Å². The molecular weight excluding hydrogens is 280 g/mol. The van der Waals surface area contributed by atoms with Crippen LogP contribution >= 0.6 is 15.9 Å². The molecule has 17 heavy (non-hydrogen) atoms. The topological polar surface area (TPSA) is 35.5 Å². The lowest BCUT2D eigenvalue weighted by Gasteiger charge is -2.29. The van der Waals surface area contributed by atoms with Gasteiger partial charge in [0.05, 0.1) is 12.6 Å². The van der Waals surface area contributed by atoms with E-state index in [1.54, 1.807) is 0 Å². The number of benzene rings is 1.